The Balaban J connectivity index is 1.81. The summed E-state index contributed by atoms with van der Waals surface area (Å²) < 4.78 is 5.80. The molecule has 26 heavy (non-hydrogen) atoms. The van der Waals surface area contributed by atoms with Crippen molar-refractivity contribution in [3.05, 3.63) is 12.2 Å². The summed E-state index contributed by atoms with van der Waals surface area (Å²) in [6.07, 6.45) is -0.747. The van der Waals surface area contributed by atoms with Crippen LogP contribution < -0.4 is 0 Å². The number of aliphatic hydroxyl groups is 4. The van der Waals surface area contributed by atoms with E-state index in [1.54, 1.807) is 0 Å². The largest absolute Gasteiger partial charge is 0.392 e. The van der Waals surface area contributed by atoms with Crippen molar-refractivity contribution in [3.8, 4) is 0 Å². The summed E-state index contributed by atoms with van der Waals surface area (Å²) in [5.41, 5.74) is -2.49. The van der Waals surface area contributed by atoms with E-state index in [1.165, 1.54) is 0 Å². The molecule has 6 heteroatoms. The molecule has 0 aromatic rings. The molecule has 6 nitrogen and oxygen atoms in total. The Hall–Kier alpha value is -0.790. The molecule has 2 saturated heterocycles. The first-order chi connectivity index (χ1) is 12.1. The van der Waals surface area contributed by atoms with Crippen LogP contribution in [0.2, 0.25) is 0 Å². The minimum Gasteiger partial charge on any atom is -0.392 e. The van der Waals surface area contributed by atoms with Gasteiger partial charge in [-0.05, 0) is 42.6 Å². The number of rotatable bonds is 0. The molecule has 4 saturated carbocycles. The van der Waals surface area contributed by atoms with E-state index >= 15 is 0 Å². The van der Waals surface area contributed by atoms with Gasteiger partial charge in [-0.2, -0.15) is 0 Å². The van der Waals surface area contributed by atoms with Crippen LogP contribution in [0.15, 0.2) is 12.2 Å². The van der Waals surface area contributed by atoms with Gasteiger partial charge >= 0.3 is 0 Å². The number of carbonyl (C=O) groups excluding carboxylic acids is 1. The van der Waals surface area contributed by atoms with Gasteiger partial charge in [-0.1, -0.05) is 20.4 Å². The van der Waals surface area contributed by atoms with Gasteiger partial charge in [-0.3, -0.25) is 4.79 Å². The third-order valence-electron chi connectivity index (χ3n) is 8.88. The molecule has 4 aliphatic carbocycles. The van der Waals surface area contributed by atoms with Crippen molar-refractivity contribution in [3.63, 3.8) is 0 Å². The van der Waals surface area contributed by atoms with E-state index in [9.17, 15) is 25.2 Å². The fourth-order valence-electron chi connectivity index (χ4n) is 7.90. The van der Waals surface area contributed by atoms with Crippen LogP contribution in [0.4, 0.5) is 0 Å². The van der Waals surface area contributed by atoms with Crippen LogP contribution in [-0.2, 0) is 9.53 Å². The summed E-state index contributed by atoms with van der Waals surface area (Å²) >= 11 is 0. The van der Waals surface area contributed by atoms with E-state index in [1.807, 2.05) is 13.8 Å². The lowest BCUT2D eigenvalue weighted by Crippen LogP contribution is -2.85. The van der Waals surface area contributed by atoms with Crippen LogP contribution in [0.25, 0.3) is 0 Å². The summed E-state index contributed by atoms with van der Waals surface area (Å²) in [7, 11) is 0. The molecule has 3 unspecified atom stereocenters. The zero-order valence-corrected chi connectivity index (χ0v) is 15.3. The highest BCUT2D eigenvalue weighted by Crippen LogP contribution is 2.76. The number of ether oxygens (including phenoxy) is 1. The molecule has 6 aliphatic rings. The summed E-state index contributed by atoms with van der Waals surface area (Å²) in [4.78, 5) is 13.3. The summed E-state index contributed by atoms with van der Waals surface area (Å²) in [6, 6.07) is 0. The Morgan fingerprint density at radius 2 is 1.81 bits per heavy atom. The summed E-state index contributed by atoms with van der Waals surface area (Å²) in [6.45, 7) is 8.07. The molecule has 0 aromatic carbocycles. The predicted molar refractivity (Wildman–Crippen MR) is 90.7 cm³/mol. The molecule has 0 aromatic heterocycles. The molecular weight excluding hydrogens is 336 g/mol. The van der Waals surface area contributed by atoms with E-state index < -0.39 is 58.5 Å². The lowest BCUT2D eigenvalue weighted by atomic mass is 9.35. The van der Waals surface area contributed by atoms with Gasteiger partial charge in [-0.15, -0.1) is 0 Å². The number of carbonyl (C=O) groups is 1. The fraction of sp³-hybridized carbons (Fsp3) is 0.850. The smallest absolute Gasteiger partial charge is 0.208 e. The molecule has 2 aliphatic heterocycles. The van der Waals surface area contributed by atoms with Crippen molar-refractivity contribution in [2.45, 2.75) is 63.6 Å². The number of aliphatic hydroxyl groups excluding tert-OH is 3. The van der Waals surface area contributed by atoms with Crippen molar-refractivity contribution >= 4 is 5.78 Å². The van der Waals surface area contributed by atoms with Gasteiger partial charge in [0.05, 0.1) is 18.8 Å². The summed E-state index contributed by atoms with van der Waals surface area (Å²) in [5.74, 6) is -3.80. The molecule has 2 heterocycles. The number of ketones is 1. The van der Waals surface area contributed by atoms with Crippen molar-refractivity contribution in [1.82, 2.24) is 0 Å². The molecule has 0 amide bonds. The fourth-order valence-corrected chi connectivity index (χ4v) is 7.90. The highest BCUT2D eigenvalue weighted by Gasteiger charge is 2.86. The van der Waals surface area contributed by atoms with Crippen LogP contribution >= 0.6 is 0 Å². The molecule has 0 radical (unpaired) electrons. The number of Topliss-reactive ketones (excluding diaryl/α,β-unsaturated/α-hetero) is 1. The maximum atomic E-state index is 13.3. The lowest BCUT2D eigenvalue weighted by molar-refractivity contribution is -0.458. The monoisotopic (exact) mass is 364 g/mol. The second kappa shape index (κ2) is 4.61. The molecule has 144 valence electrons. The van der Waals surface area contributed by atoms with E-state index in [4.69, 9.17) is 4.74 Å². The zero-order valence-electron chi connectivity index (χ0n) is 15.3. The van der Waals surface area contributed by atoms with Crippen LogP contribution in [0.5, 0.6) is 0 Å². The van der Waals surface area contributed by atoms with E-state index in [2.05, 4.69) is 6.58 Å². The first kappa shape index (κ1) is 17.3. The van der Waals surface area contributed by atoms with E-state index in [-0.39, 0.29) is 12.0 Å². The number of hydrogen-bond donors (Lipinski definition) is 4. The van der Waals surface area contributed by atoms with E-state index in [0.29, 0.717) is 24.8 Å². The Kier molecular flexibility index (Phi) is 3.07. The molecule has 6 fully saturated rings. The molecule has 6 rings (SSSR count). The van der Waals surface area contributed by atoms with E-state index in [0.717, 1.165) is 6.42 Å². The topological polar surface area (TPSA) is 107 Å². The van der Waals surface area contributed by atoms with Crippen molar-refractivity contribution in [2.75, 3.05) is 6.61 Å². The molecule has 9 atom stereocenters. The maximum Gasteiger partial charge on any atom is 0.208 e. The van der Waals surface area contributed by atoms with Crippen LogP contribution in [0.3, 0.4) is 0 Å². The van der Waals surface area contributed by atoms with Gasteiger partial charge in [0.1, 0.15) is 11.5 Å². The first-order valence-corrected chi connectivity index (χ1v) is 9.71. The molecular formula is C20H28O6. The third-order valence-corrected chi connectivity index (χ3v) is 8.88. The van der Waals surface area contributed by atoms with Gasteiger partial charge in [0.25, 0.3) is 0 Å². The normalized spacial score (nSPS) is 59.9. The number of fused-ring (bicyclic) bond motifs is 2. The molecule has 4 N–H and O–H groups in total. The number of hydrogen-bond acceptors (Lipinski definition) is 6. The second-order valence-corrected chi connectivity index (χ2v) is 9.97. The van der Waals surface area contributed by atoms with Crippen LogP contribution in [0, 0.1) is 34.0 Å². The molecule has 4 bridgehead atoms. The average Bonchev–Trinajstić information content (AvgIpc) is 2.69. The van der Waals surface area contributed by atoms with Crippen molar-refractivity contribution < 1.29 is 30.0 Å². The van der Waals surface area contributed by atoms with Gasteiger partial charge in [0, 0.05) is 17.3 Å². The first-order valence-electron chi connectivity index (χ1n) is 9.71. The standard InChI is InChI=1S/C20H28O6/c1-9-10-4-5-11-18-8-26-20(25,19(11,14(9)22)15(10)23)16(24)13(18)17(2,3)7-6-12(18)21/h10-13,15-16,21,23-25H,1,4-8H2,2-3H3/t10?,11-,12-,13+,15+,16-,18+,19?,20?/m0/s1. The Morgan fingerprint density at radius 3 is 2.50 bits per heavy atom. The van der Waals surface area contributed by atoms with Gasteiger partial charge < -0.3 is 25.2 Å². The maximum absolute atomic E-state index is 13.3. The lowest BCUT2D eigenvalue weighted by Gasteiger charge is -2.74. The predicted octanol–water partition coefficient (Wildman–Crippen LogP) is 0.376. The Labute approximate surface area is 152 Å². The zero-order chi connectivity index (χ0) is 18.9. The highest BCUT2D eigenvalue weighted by molar-refractivity contribution is 6.05. The second-order valence-electron chi connectivity index (χ2n) is 9.97. The minimum atomic E-state index is -2.15. The quantitative estimate of drug-likeness (QED) is 0.463. The SMILES string of the molecule is C=C1C(=O)C23[C@H](O)C1CC[C@H]2[C@@]12COC3(O)[C@@H](O)[C@@H]1C(C)(C)CC[C@@H]2O. The van der Waals surface area contributed by atoms with Gasteiger partial charge in [0.2, 0.25) is 5.79 Å². The average molecular weight is 364 g/mol. The Morgan fingerprint density at radius 1 is 1.12 bits per heavy atom. The van der Waals surface area contributed by atoms with Crippen LogP contribution in [0.1, 0.15) is 39.5 Å². The summed E-state index contributed by atoms with van der Waals surface area (Å²) in [5, 5.41) is 45.1. The Bertz CT molecular complexity index is 717. The van der Waals surface area contributed by atoms with Crippen LogP contribution in [-0.4, -0.2) is 56.9 Å². The molecule has 2 spiro atoms. The van der Waals surface area contributed by atoms with Crippen molar-refractivity contribution in [1.29, 1.82) is 0 Å². The van der Waals surface area contributed by atoms with Crippen molar-refractivity contribution in [2.24, 2.45) is 34.0 Å². The van der Waals surface area contributed by atoms with Gasteiger partial charge in [-0.25, -0.2) is 0 Å². The van der Waals surface area contributed by atoms with Gasteiger partial charge in [0.15, 0.2) is 5.78 Å². The third kappa shape index (κ3) is 1.41. The minimum absolute atomic E-state index is 0.0966. The highest BCUT2D eigenvalue weighted by atomic mass is 16.6.